The molecule has 0 radical (unpaired) electrons. The van der Waals surface area contributed by atoms with Crippen LogP contribution in [0.2, 0.25) is 0 Å². The second-order valence-electron chi connectivity index (χ2n) is 5.09. The number of carbonyl (C=O) groups is 1. The van der Waals surface area contributed by atoms with Crippen molar-refractivity contribution in [2.24, 2.45) is 0 Å². The standard InChI is InChI=1S/C13H21NO3/c1-13(2,3)17-12(16)14-11(9-15)10-7-5-4-6-8-10/h4-5,7,11,15H,6,8-9H2,1-3H3,(H,14,16). The molecule has 0 spiro atoms. The summed E-state index contributed by atoms with van der Waals surface area (Å²) in [6.45, 7) is 5.31. The lowest BCUT2D eigenvalue weighted by molar-refractivity contribution is 0.0493. The van der Waals surface area contributed by atoms with Crippen molar-refractivity contribution in [3.05, 3.63) is 23.8 Å². The van der Waals surface area contributed by atoms with E-state index >= 15 is 0 Å². The van der Waals surface area contributed by atoms with Crippen molar-refractivity contribution in [2.45, 2.75) is 45.3 Å². The molecule has 0 saturated heterocycles. The van der Waals surface area contributed by atoms with Crippen LogP contribution in [0.15, 0.2) is 23.8 Å². The van der Waals surface area contributed by atoms with Gasteiger partial charge in [0.2, 0.25) is 0 Å². The van der Waals surface area contributed by atoms with E-state index in [9.17, 15) is 9.90 Å². The quantitative estimate of drug-likeness (QED) is 0.793. The predicted octanol–water partition coefficient (Wildman–Crippen LogP) is 2.15. The van der Waals surface area contributed by atoms with E-state index in [0.29, 0.717) is 0 Å². The molecule has 4 heteroatoms. The predicted molar refractivity (Wildman–Crippen MR) is 66.7 cm³/mol. The smallest absolute Gasteiger partial charge is 0.408 e. The van der Waals surface area contributed by atoms with E-state index in [-0.39, 0.29) is 12.6 Å². The van der Waals surface area contributed by atoms with Gasteiger partial charge in [-0.1, -0.05) is 18.2 Å². The van der Waals surface area contributed by atoms with Crippen molar-refractivity contribution < 1.29 is 14.6 Å². The van der Waals surface area contributed by atoms with Crippen LogP contribution >= 0.6 is 0 Å². The summed E-state index contributed by atoms with van der Waals surface area (Å²) in [4.78, 5) is 11.6. The van der Waals surface area contributed by atoms with Crippen LogP contribution in [-0.2, 0) is 4.74 Å². The minimum atomic E-state index is -0.523. The number of amides is 1. The van der Waals surface area contributed by atoms with Gasteiger partial charge in [0.25, 0.3) is 0 Å². The number of rotatable bonds is 3. The van der Waals surface area contributed by atoms with E-state index in [0.717, 1.165) is 18.4 Å². The summed E-state index contributed by atoms with van der Waals surface area (Å²) in [5, 5.41) is 12.0. The molecule has 1 atom stereocenters. The highest BCUT2D eigenvalue weighted by Crippen LogP contribution is 2.16. The van der Waals surface area contributed by atoms with Crippen LogP contribution in [0.5, 0.6) is 0 Å². The zero-order valence-corrected chi connectivity index (χ0v) is 10.7. The topological polar surface area (TPSA) is 58.6 Å². The second-order valence-corrected chi connectivity index (χ2v) is 5.09. The van der Waals surface area contributed by atoms with E-state index < -0.39 is 11.7 Å². The molecule has 0 aromatic heterocycles. The van der Waals surface area contributed by atoms with Gasteiger partial charge in [-0.2, -0.15) is 0 Å². The summed E-state index contributed by atoms with van der Waals surface area (Å²) < 4.78 is 5.15. The number of carbonyl (C=O) groups excluding carboxylic acids is 1. The maximum Gasteiger partial charge on any atom is 0.408 e. The summed E-state index contributed by atoms with van der Waals surface area (Å²) in [6.07, 6.45) is 7.24. The molecule has 0 aromatic rings. The number of hydrogen-bond acceptors (Lipinski definition) is 3. The van der Waals surface area contributed by atoms with Crippen LogP contribution in [0, 0.1) is 0 Å². The number of aliphatic hydroxyl groups excluding tert-OH is 1. The molecule has 0 saturated carbocycles. The average molecular weight is 239 g/mol. The molecular weight excluding hydrogens is 218 g/mol. The fourth-order valence-electron chi connectivity index (χ4n) is 1.62. The van der Waals surface area contributed by atoms with Crippen LogP contribution in [0.4, 0.5) is 4.79 Å². The molecule has 0 heterocycles. The van der Waals surface area contributed by atoms with Crippen molar-refractivity contribution in [1.29, 1.82) is 0 Å². The Balaban J connectivity index is 2.55. The average Bonchev–Trinajstić information content (AvgIpc) is 2.24. The first kappa shape index (κ1) is 13.8. The van der Waals surface area contributed by atoms with E-state index in [1.54, 1.807) is 0 Å². The molecule has 4 nitrogen and oxygen atoms in total. The molecule has 1 aliphatic carbocycles. The van der Waals surface area contributed by atoms with Crippen molar-refractivity contribution >= 4 is 6.09 Å². The SMILES string of the molecule is CC(C)(C)OC(=O)NC(CO)C1=CC=CCC1. The third-order valence-electron chi connectivity index (χ3n) is 2.37. The van der Waals surface area contributed by atoms with Crippen molar-refractivity contribution in [3.63, 3.8) is 0 Å². The molecule has 1 aliphatic rings. The van der Waals surface area contributed by atoms with E-state index in [4.69, 9.17) is 4.74 Å². The normalized spacial score (nSPS) is 17.3. The number of alkyl carbamates (subject to hydrolysis) is 1. The lowest BCUT2D eigenvalue weighted by Crippen LogP contribution is -2.42. The van der Waals surface area contributed by atoms with Gasteiger partial charge in [0.1, 0.15) is 5.60 Å². The van der Waals surface area contributed by atoms with E-state index in [2.05, 4.69) is 11.4 Å². The Bertz CT molecular complexity index is 326. The molecule has 0 aliphatic heterocycles. The Morgan fingerprint density at radius 1 is 1.59 bits per heavy atom. The second kappa shape index (κ2) is 5.87. The molecule has 0 bridgehead atoms. The molecule has 1 amide bonds. The molecule has 0 aromatic carbocycles. The fraction of sp³-hybridized carbons (Fsp3) is 0.615. The third-order valence-corrected chi connectivity index (χ3v) is 2.37. The maximum atomic E-state index is 11.6. The zero-order valence-electron chi connectivity index (χ0n) is 10.7. The van der Waals surface area contributed by atoms with Gasteiger partial charge < -0.3 is 15.2 Å². The molecule has 96 valence electrons. The highest BCUT2D eigenvalue weighted by Gasteiger charge is 2.21. The number of aliphatic hydroxyl groups is 1. The van der Waals surface area contributed by atoms with Crippen LogP contribution in [0.25, 0.3) is 0 Å². The van der Waals surface area contributed by atoms with Gasteiger partial charge in [0.05, 0.1) is 12.6 Å². The number of nitrogens with one attached hydrogen (secondary N) is 1. The monoisotopic (exact) mass is 239 g/mol. The highest BCUT2D eigenvalue weighted by molar-refractivity contribution is 5.68. The lowest BCUT2D eigenvalue weighted by Gasteiger charge is -2.24. The van der Waals surface area contributed by atoms with Gasteiger partial charge in [-0.15, -0.1) is 0 Å². The first-order chi connectivity index (χ1) is 7.92. The van der Waals surface area contributed by atoms with Gasteiger partial charge >= 0.3 is 6.09 Å². The molecule has 1 rings (SSSR count). The molecule has 17 heavy (non-hydrogen) atoms. The van der Waals surface area contributed by atoms with E-state index in [1.807, 2.05) is 32.9 Å². The van der Waals surface area contributed by atoms with Crippen molar-refractivity contribution in [2.75, 3.05) is 6.61 Å². The largest absolute Gasteiger partial charge is 0.444 e. The summed E-state index contributed by atoms with van der Waals surface area (Å²) >= 11 is 0. The maximum absolute atomic E-state index is 11.6. The van der Waals surface area contributed by atoms with Gasteiger partial charge in [0, 0.05) is 0 Å². The Morgan fingerprint density at radius 2 is 2.29 bits per heavy atom. The molecule has 1 unspecified atom stereocenters. The van der Waals surface area contributed by atoms with Crippen LogP contribution in [-0.4, -0.2) is 29.4 Å². The van der Waals surface area contributed by atoms with Crippen LogP contribution in [0.1, 0.15) is 33.6 Å². The Morgan fingerprint density at radius 3 is 2.76 bits per heavy atom. The van der Waals surface area contributed by atoms with Crippen LogP contribution < -0.4 is 5.32 Å². The summed E-state index contributed by atoms with van der Waals surface area (Å²) in [7, 11) is 0. The summed E-state index contributed by atoms with van der Waals surface area (Å²) in [5.41, 5.74) is 0.506. The zero-order chi connectivity index (χ0) is 12.9. The Labute approximate surface area is 102 Å². The Kier molecular flexibility index (Phi) is 4.75. The van der Waals surface area contributed by atoms with Crippen molar-refractivity contribution in [1.82, 2.24) is 5.32 Å². The molecule has 0 fully saturated rings. The van der Waals surface area contributed by atoms with Crippen LogP contribution in [0.3, 0.4) is 0 Å². The van der Waals surface area contributed by atoms with Gasteiger partial charge in [-0.05, 0) is 39.2 Å². The first-order valence-electron chi connectivity index (χ1n) is 5.88. The number of hydrogen-bond donors (Lipinski definition) is 2. The summed E-state index contributed by atoms with van der Waals surface area (Å²) in [6, 6.07) is -0.352. The first-order valence-corrected chi connectivity index (χ1v) is 5.88. The highest BCUT2D eigenvalue weighted by atomic mass is 16.6. The minimum absolute atomic E-state index is 0.112. The minimum Gasteiger partial charge on any atom is -0.444 e. The van der Waals surface area contributed by atoms with Gasteiger partial charge in [-0.3, -0.25) is 0 Å². The Hall–Kier alpha value is -1.29. The summed E-state index contributed by atoms with van der Waals surface area (Å²) in [5.74, 6) is 0. The number of ether oxygens (including phenoxy) is 1. The van der Waals surface area contributed by atoms with Gasteiger partial charge in [0.15, 0.2) is 0 Å². The molecule has 2 N–H and O–H groups in total. The van der Waals surface area contributed by atoms with E-state index in [1.165, 1.54) is 0 Å². The number of allylic oxidation sites excluding steroid dienone is 3. The molecular formula is C13H21NO3. The van der Waals surface area contributed by atoms with Gasteiger partial charge in [-0.25, -0.2) is 4.79 Å². The fourth-order valence-corrected chi connectivity index (χ4v) is 1.62. The lowest BCUT2D eigenvalue weighted by atomic mass is 9.98. The van der Waals surface area contributed by atoms with Crippen molar-refractivity contribution in [3.8, 4) is 0 Å². The third kappa shape index (κ3) is 5.04.